The molecule has 1 aliphatic rings. The predicted molar refractivity (Wildman–Crippen MR) is 144 cm³/mol. The van der Waals surface area contributed by atoms with Crippen molar-refractivity contribution in [3.05, 3.63) is 103 Å². The topological polar surface area (TPSA) is 83.9 Å². The molecule has 1 heterocycles. The number of carboxylic acid groups (broad SMARTS) is 1. The molecule has 5 rings (SSSR count). The first-order valence-electron chi connectivity index (χ1n) is 12.1. The van der Waals surface area contributed by atoms with Crippen molar-refractivity contribution in [2.75, 3.05) is 18.0 Å². The van der Waals surface area contributed by atoms with Crippen LogP contribution >= 0.6 is 0 Å². The zero-order valence-corrected chi connectivity index (χ0v) is 21.2. The van der Waals surface area contributed by atoms with Crippen LogP contribution < -0.4 is 9.04 Å². The maximum absolute atomic E-state index is 13.8. The van der Waals surface area contributed by atoms with E-state index in [0.29, 0.717) is 12.1 Å². The van der Waals surface area contributed by atoms with Gasteiger partial charge in [0.2, 0.25) is 0 Å². The number of hydrogen-bond acceptors (Lipinski definition) is 4. The zero-order valence-electron chi connectivity index (χ0n) is 20.4. The summed E-state index contributed by atoms with van der Waals surface area (Å²) in [6, 6.07) is 30.0. The molecule has 0 aromatic heterocycles. The van der Waals surface area contributed by atoms with E-state index >= 15 is 0 Å². The molecule has 0 amide bonds. The average Bonchev–Trinajstić information content (AvgIpc) is 3.31. The van der Waals surface area contributed by atoms with E-state index in [9.17, 15) is 18.3 Å². The van der Waals surface area contributed by atoms with E-state index < -0.39 is 16.0 Å². The van der Waals surface area contributed by atoms with Gasteiger partial charge in [-0.15, -0.1) is 0 Å². The van der Waals surface area contributed by atoms with Crippen LogP contribution in [0.15, 0.2) is 102 Å². The molecule has 1 aliphatic heterocycles. The van der Waals surface area contributed by atoms with Gasteiger partial charge in [0.15, 0.2) is 0 Å². The van der Waals surface area contributed by atoms with Gasteiger partial charge in [-0.05, 0) is 70.6 Å². The fourth-order valence-electron chi connectivity index (χ4n) is 4.82. The molecule has 4 aromatic carbocycles. The van der Waals surface area contributed by atoms with Crippen molar-refractivity contribution in [3.63, 3.8) is 0 Å². The van der Waals surface area contributed by atoms with Crippen molar-refractivity contribution < 1.29 is 23.1 Å². The Morgan fingerprint density at radius 3 is 2.08 bits per heavy atom. The maximum atomic E-state index is 13.8. The van der Waals surface area contributed by atoms with Gasteiger partial charge in [0, 0.05) is 18.9 Å². The number of carbonyl (C=O) groups is 1. The van der Waals surface area contributed by atoms with Gasteiger partial charge in [0.1, 0.15) is 5.75 Å². The van der Waals surface area contributed by atoms with Crippen LogP contribution in [-0.4, -0.2) is 33.1 Å². The van der Waals surface area contributed by atoms with Gasteiger partial charge in [0.05, 0.1) is 17.7 Å². The first kappa shape index (κ1) is 24.6. The molecule has 0 saturated carbocycles. The summed E-state index contributed by atoms with van der Waals surface area (Å²) in [5.41, 5.74) is 5.32. The van der Waals surface area contributed by atoms with Gasteiger partial charge in [-0.2, -0.15) is 0 Å². The summed E-state index contributed by atoms with van der Waals surface area (Å²) in [5, 5.41) is 9.27. The summed E-state index contributed by atoms with van der Waals surface area (Å²) in [7, 11) is -2.23. The second kappa shape index (κ2) is 10.1. The minimum absolute atomic E-state index is 0.0237. The van der Waals surface area contributed by atoms with Crippen molar-refractivity contribution in [1.82, 2.24) is 0 Å². The minimum Gasteiger partial charge on any atom is -0.497 e. The normalized spacial score (nSPS) is 14.8. The summed E-state index contributed by atoms with van der Waals surface area (Å²) >= 11 is 0. The SMILES string of the molecule is COc1ccc(-c2ccc(S(=O)(=O)N3CC(CCC(=O)O)c4cc(-c5ccccc5)ccc43)cc2)cc1. The smallest absolute Gasteiger partial charge is 0.303 e. The molecule has 188 valence electrons. The first-order valence-corrected chi connectivity index (χ1v) is 13.5. The van der Waals surface area contributed by atoms with Crippen LogP contribution in [-0.2, 0) is 14.8 Å². The number of carboxylic acids is 1. The fraction of sp³-hybridized carbons (Fsp3) is 0.167. The monoisotopic (exact) mass is 513 g/mol. The number of ether oxygens (including phenoxy) is 1. The highest BCUT2D eigenvalue weighted by atomic mass is 32.2. The molecule has 1 atom stereocenters. The lowest BCUT2D eigenvalue weighted by molar-refractivity contribution is -0.137. The van der Waals surface area contributed by atoms with E-state index in [-0.39, 0.29) is 23.8 Å². The molecule has 0 aliphatic carbocycles. The molecule has 0 bridgehead atoms. The lowest BCUT2D eigenvalue weighted by Crippen LogP contribution is -2.30. The van der Waals surface area contributed by atoms with Crippen molar-refractivity contribution >= 4 is 21.7 Å². The third-order valence-electron chi connectivity index (χ3n) is 6.80. The zero-order chi connectivity index (χ0) is 26.0. The predicted octanol–water partition coefficient (Wildman–Crippen LogP) is 6.19. The van der Waals surface area contributed by atoms with Gasteiger partial charge in [-0.1, -0.05) is 60.7 Å². The Balaban J connectivity index is 1.47. The third-order valence-corrected chi connectivity index (χ3v) is 8.60. The van der Waals surface area contributed by atoms with Crippen LogP contribution in [0.5, 0.6) is 5.75 Å². The number of anilines is 1. The number of sulfonamides is 1. The molecular formula is C30H27NO5S. The van der Waals surface area contributed by atoms with Gasteiger partial charge in [-0.25, -0.2) is 8.42 Å². The van der Waals surface area contributed by atoms with Crippen LogP contribution in [0.3, 0.4) is 0 Å². The van der Waals surface area contributed by atoms with Crippen LogP contribution in [0.4, 0.5) is 5.69 Å². The van der Waals surface area contributed by atoms with Gasteiger partial charge in [-0.3, -0.25) is 9.10 Å². The van der Waals surface area contributed by atoms with Crippen molar-refractivity contribution in [2.24, 2.45) is 0 Å². The van der Waals surface area contributed by atoms with E-state index in [2.05, 4.69) is 0 Å². The molecule has 0 saturated heterocycles. The molecular weight excluding hydrogens is 486 g/mol. The lowest BCUT2D eigenvalue weighted by Gasteiger charge is -2.20. The Kier molecular flexibility index (Phi) is 6.72. The summed E-state index contributed by atoms with van der Waals surface area (Å²) < 4.78 is 34.2. The molecule has 4 aromatic rings. The maximum Gasteiger partial charge on any atom is 0.303 e. The number of fused-ring (bicyclic) bond motifs is 1. The summed E-state index contributed by atoms with van der Waals surface area (Å²) in [4.78, 5) is 11.5. The lowest BCUT2D eigenvalue weighted by atomic mass is 9.93. The highest BCUT2D eigenvalue weighted by Gasteiger charge is 2.37. The van der Waals surface area contributed by atoms with Crippen molar-refractivity contribution in [3.8, 4) is 28.0 Å². The van der Waals surface area contributed by atoms with E-state index in [4.69, 9.17) is 4.74 Å². The highest BCUT2D eigenvalue weighted by molar-refractivity contribution is 7.92. The number of benzene rings is 4. The number of rotatable bonds is 8. The van der Waals surface area contributed by atoms with Gasteiger partial charge < -0.3 is 9.84 Å². The highest BCUT2D eigenvalue weighted by Crippen LogP contribution is 2.43. The second-order valence-electron chi connectivity index (χ2n) is 9.06. The van der Waals surface area contributed by atoms with Crippen molar-refractivity contribution in [1.29, 1.82) is 0 Å². The Morgan fingerprint density at radius 2 is 1.46 bits per heavy atom. The van der Waals surface area contributed by atoms with Crippen LogP contribution in [0.25, 0.3) is 22.3 Å². The van der Waals surface area contributed by atoms with E-state index in [1.165, 1.54) is 4.31 Å². The van der Waals surface area contributed by atoms with Crippen LogP contribution in [0, 0.1) is 0 Å². The number of hydrogen-bond donors (Lipinski definition) is 1. The molecule has 37 heavy (non-hydrogen) atoms. The second-order valence-corrected chi connectivity index (χ2v) is 10.9. The van der Waals surface area contributed by atoms with E-state index in [1.54, 1.807) is 31.4 Å². The largest absolute Gasteiger partial charge is 0.497 e. The number of methoxy groups -OCH3 is 1. The minimum atomic E-state index is -3.84. The number of nitrogens with zero attached hydrogens (tertiary/aromatic N) is 1. The van der Waals surface area contributed by atoms with Crippen LogP contribution in [0.1, 0.15) is 24.3 Å². The summed E-state index contributed by atoms with van der Waals surface area (Å²) in [6.07, 6.45) is 0.340. The molecule has 0 radical (unpaired) electrons. The molecule has 0 fully saturated rings. The third kappa shape index (κ3) is 4.95. The molecule has 0 spiro atoms. The van der Waals surface area contributed by atoms with Gasteiger partial charge >= 0.3 is 5.97 Å². The standard InChI is InChI=1S/C30H27NO5S/c1-36-26-13-7-22(8-14-26)23-9-15-27(16-10-23)37(34,35)31-20-25(12-18-30(32)33)28-19-24(11-17-29(28)31)21-5-3-2-4-6-21/h2-11,13-17,19,25H,12,18,20H2,1H3,(H,32,33). The Bertz CT molecular complexity index is 1520. The summed E-state index contributed by atoms with van der Waals surface area (Å²) in [6.45, 7) is 0.212. The van der Waals surface area contributed by atoms with Crippen molar-refractivity contribution in [2.45, 2.75) is 23.7 Å². The van der Waals surface area contributed by atoms with E-state index in [1.807, 2.05) is 72.8 Å². The number of aliphatic carboxylic acids is 1. The average molecular weight is 514 g/mol. The Hall–Kier alpha value is -4.10. The quantitative estimate of drug-likeness (QED) is 0.304. The fourth-order valence-corrected chi connectivity index (χ4v) is 6.35. The Labute approximate surface area is 216 Å². The first-order chi connectivity index (χ1) is 17.9. The summed E-state index contributed by atoms with van der Waals surface area (Å²) in [5.74, 6) is -0.345. The van der Waals surface area contributed by atoms with E-state index in [0.717, 1.165) is 33.6 Å². The molecule has 1 unspecified atom stereocenters. The Morgan fingerprint density at radius 1 is 0.865 bits per heavy atom. The van der Waals surface area contributed by atoms with Gasteiger partial charge in [0.25, 0.3) is 10.0 Å². The molecule has 7 heteroatoms. The van der Waals surface area contributed by atoms with Crippen LogP contribution in [0.2, 0.25) is 0 Å². The molecule has 6 nitrogen and oxygen atoms in total. The molecule has 1 N–H and O–H groups in total.